The molecule has 0 saturated carbocycles. The second kappa shape index (κ2) is 7.73. The van der Waals surface area contributed by atoms with Gasteiger partial charge in [0.25, 0.3) is 0 Å². The standard InChI is InChI=1S/C20H16FN3S/c1-2-14-6-8-15(9-7-14)19-13-25-20(24-19)16(11-22)12-23-18-5-3-4-17(21)10-18/h3-10,12-13,23H,2H2,1H3. The van der Waals surface area contributed by atoms with E-state index in [4.69, 9.17) is 0 Å². The van der Waals surface area contributed by atoms with Crippen LogP contribution >= 0.6 is 11.3 Å². The van der Waals surface area contributed by atoms with E-state index in [1.165, 1.54) is 29.0 Å². The van der Waals surface area contributed by atoms with Crippen molar-refractivity contribution in [3.8, 4) is 17.3 Å². The van der Waals surface area contributed by atoms with Crippen LogP contribution in [0.1, 0.15) is 17.5 Å². The normalized spacial score (nSPS) is 11.2. The molecule has 1 heterocycles. The number of aryl methyl sites for hydroxylation is 1. The van der Waals surface area contributed by atoms with Crippen LogP contribution in [0, 0.1) is 17.1 Å². The van der Waals surface area contributed by atoms with Crippen LogP contribution in [0.2, 0.25) is 0 Å². The van der Waals surface area contributed by atoms with Gasteiger partial charge in [0.1, 0.15) is 22.5 Å². The monoisotopic (exact) mass is 349 g/mol. The molecule has 0 saturated heterocycles. The predicted octanol–water partition coefficient (Wildman–Crippen LogP) is 5.49. The number of hydrogen-bond donors (Lipinski definition) is 1. The van der Waals surface area contributed by atoms with Gasteiger partial charge < -0.3 is 5.32 Å². The van der Waals surface area contributed by atoms with E-state index < -0.39 is 0 Å². The highest BCUT2D eigenvalue weighted by atomic mass is 32.1. The lowest BCUT2D eigenvalue weighted by Crippen LogP contribution is -1.91. The maximum Gasteiger partial charge on any atom is 0.136 e. The highest BCUT2D eigenvalue weighted by molar-refractivity contribution is 7.11. The lowest BCUT2D eigenvalue weighted by molar-refractivity contribution is 0.628. The van der Waals surface area contributed by atoms with E-state index in [1.807, 2.05) is 17.5 Å². The summed E-state index contributed by atoms with van der Waals surface area (Å²) in [6, 6.07) is 16.5. The number of thiazole rings is 1. The zero-order valence-electron chi connectivity index (χ0n) is 13.7. The van der Waals surface area contributed by atoms with Gasteiger partial charge in [0.2, 0.25) is 0 Å². The Balaban J connectivity index is 1.81. The number of hydrogen-bond acceptors (Lipinski definition) is 4. The molecule has 3 aromatic rings. The van der Waals surface area contributed by atoms with Gasteiger partial charge in [0, 0.05) is 22.8 Å². The topological polar surface area (TPSA) is 48.7 Å². The molecule has 0 aliphatic carbocycles. The van der Waals surface area contributed by atoms with Crippen molar-refractivity contribution in [2.24, 2.45) is 0 Å². The molecule has 0 amide bonds. The molecule has 1 N–H and O–H groups in total. The van der Waals surface area contributed by atoms with Crippen molar-refractivity contribution in [3.05, 3.63) is 76.5 Å². The number of nitrogens with zero attached hydrogens (tertiary/aromatic N) is 2. The Labute approximate surface area is 150 Å². The summed E-state index contributed by atoms with van der Waals surface area (Å²) in [6.45, 7) is 2.12. The number of halogens is 1. The number of allylic oxidation sites excluding steroid dienone is 1. The van der Waals surface area contributed by atoms with Crippen molar-refractivity contribution in [3.63, 3.8) is 0 Å². The van der Waals surface area contributed by atoms with Crippen LogP contribution in [0.5, 0.6) is 0 Å². The van der Waals surface area contributed by atoms with Crippen LogP contribution < -0.4 is 5.32 Å². The summed E-state index contributed by atoms with van der Waals surface area (Å²) in [7, 11) is 0. The van der Waals surface area contributed by atoms with Crippen LogP contribution in [0.3, 0.4) is 0 Å². The number of nitrogens with one attached hydrogen (secondary N) is 1. The summed E-state index contributed by atoms with van der Waals surface area (Å²) < 4.78 is 13.2. The fraction of sp³-hybridized carbons (Fsp3) is 0.100. The second-order valence-corrected chi connectivity index (χ2v) is 6.27. The van der Waals surface area contributed by atoms with Crippen molar-refractivity contribution >= 4 is 22.6 Å². The molecule has 0 spiro atoms. The van der Waals surface area contributed by atoms with Crippen LogP contribution in [-0.4, -0.2) is 4.98 Å². The van der Waals surface area contributed by atoms with Crippen molar-refractivity contribution in [1.82, 2.24) is 4.98 Å². The van der Waals surface area contributed by atoms with Gasteiger partial charge in [-0.2, -0.15) is 5.26 Å². The zero-order chi connectivity index (χ0) is 17.6. The quantitative estimate of drug-likeness (QED) is 0.620. The molecule has 0 aliphatic rings. The van der Waals surface area contributed by atoms with Gasteiger partial charge in [-0.15, -0.1) is 11.3 Å². The van der Waals surface area contributed by atoms with E-state index in [1.54, 1.807) is 18.3 Å². The maximum atomic E-state index is 13.2. The first kappa shape index (κ1) is 16.9. The molecule has 25 heavy (non-hydrogen) atoms. The molecule has 0 fully saturated rings. The summed E-state index contributed by atoms with van der Waals surface area (Å²) in [5.41, 5.74) is 4.13. The first-order valence-corrected chi connectivity index (χ1v) is 8.75. The van der Waals surface area contributed by atoms with E-state index in [0.717, 1.165) is 17.7 Å². The molecule has 1 aromatic heterocycles. The van der Waals surface area contributed by atoms with E-state index in [-0.39, 0.29) is 5.82 Å². The van der Waals surface area contributed by atoms with Gasteiger partial charge in [-0.1, -0.05) is 37.3 Å². The fourth-order valence-corrected chi connectivity index (χ4v) is 3.11. The Morgan fingerprint density at radius 1 is 1.28 bits per heavy atom. The average molecular weight is 349 g/mol. The summed E-state index contributed by atoms with van der Waals surface area (Å²) in [5, 5.41) is 14.9. The summed E-state index contributed by atoms with van der Waals surface area (Å²) >= 11 is 1.41. The molecule has 0 aliphatic heterocycles. The van der Waals surface area contributed by atoms with E-state index >= 15 is 0 Å². The van der Waals surface area contributed by atoms with Crippen LogP contribution in [0.15, 0.2) is 60.1 Å². The smallest absolute Gasteiger partial charge is 0.136 e. The molecule has 124 valence electrons. The molecule has 0 unspecified atom stereocenters. The first-order valence-electron chi connectivity index (χ1n) is 7.87. The van der Waals surface area contributed by atoms with Crippen LogP contribution in [0.4, 0.5) is 10.1 Å². The molecule has 0 atom stereocenters. The molecule has 3 rings (SSSR count). The lowest BCUT2D eigenvalue weighted by Gasteiger charge is -2.01. The molecule has 0 radical (unpaired) electrons. The SMILES string of the molecule is CCc1ccc(-c2csc(C(C#N)=CNc3cccc(F)c3)n2)cc1. The Bertz CT molecular complexity index is 936. The van der Waals surface area contributed by atoms with Gasteiger partial charge >= 0.3 is 0 Å². The molecule has 0 bridgehead atoms. The van der Waals surface area contributed by atoms with Gasteiger partial charge in [0.05, 0.1) is 5.69 Å². The molecular formula is C20H16FN3S. The van der Waals surface area contributed by atoms with E-state index in [9.17, 15) is 9.65 Å². The largest absolute Gasteiger partial charge is 0.360 e. The van der Waals surface area contributed by atoms with Crippen LogP contribution in [-0.2, 0) is 6.42 Å². The van der Waals surface area contributed by atoms with E-state index in [2.05, 4.69) is 35.4 Å². The third-order valence-corrected chi connectivity index (χ3v) is 4.60. The Morgan fingerprint density at radius 2 is 2.08 bits per heavy atom. The third-order valence-electron chi connectivity index (χ3n) is 3.72. The second-order valence-electron chi connectivity index (χ2n) is 5.41. The fourth-order valence-electron chi connectivity index (χ4n) is 2.32. The molecule has 2 aromatic carbocycles. The summed E-state index contributed by atoms with van der Waals surface area (Å²) in [5.74, 6) is -0.330. The number of nitriles is 1. The van der Waals surface area contributed by atoms with Gasteiger partial charge in [0.15, 0.2) is 0 Å². The number of benzene rings is 2. The summed E-state index contributed by atoms with van der Waals surface area (Å²) in [6.07, 6.45) is 2.55. The minimum atomic E-state index is -0.330. The average Bonchev–Trinajstić information content (AvgIpc) is 3.12. The maximum absolute atomic E-state index is 13.2. The number of anilines is 1. The van der Waals surface area contributed by atoms with Crippen molar-refractivity contribution in [2.75, 3.05) is 5.32 Å². The van der Waals surface area contributed by atoms with Gasteiger partial charge in [-0.05, 0) is 30.2 Å². The highest BCUT2D eigenvalue weighted by Gasteiger charge is 2.09. The summed E-state index contributed by atoms with van der Waals surface area (Å²) in [4.78, 5) is 4.55. The predicted molar refractivity (Wildman–Crippen MR) is 101 cm³/mol. The van der Waals surface area contributed by atoms with Crippen molar-refractivity contribution in [2.45, 2.75) is 13.3 Å². The number of aromatic nitrogens is 1. The molecule has 5 heteroatoms. The van der Waals surface area contributed by atoms with Crippen molar-refractivity contribution in [1.29, 1.82) is 5.26 Å². The zero-order valence-corrected chi connectivity index (χ0v) is 14.5. The highest BCUT2D eigenvalue weighted by Crippen LogP contribution is 2.26. The molecular weight excluding hydrogens is 333 g/mol. The van der Waals surface area contributed by atoms with Gasteiger partial charge in [-0.3, -0.25) is 0 Å². The lowest BCUT2D eigenvalue weighted by atomic mass is 10.1. The Kier molecular flexibility index (Phi) is 5.22. The van der Waals surface area contributed by atoms with Crippen molar-refractivity contribution < 1.29 is 4.39 Å². The third kappa shape index (κ3) is 4.11. The van der Waals surface area contributed by atoms with Crippen LogP contribution in [0.25, 0.3) is 16.8 Å². The minimum Gasteiger partial charge on any atom is -0.360 e. The van der Waals surface area contributed by atoms with E-state index in [0.29, 0.717) is 16.3 Å². The first-order chi connectivity index (χ1) is 12.2. The van der Waals surface area contributed by atoms with Gasteiger partial charge in [-0.25, -0.2) is 9.37 Å². The molecule has 3 nitrogen and oxygen atoms in total. The Hall–Kier alpha value is -2.97. The number of rotatable bonds is 5. The Morgan fingerprint density at radius 3 is 2.76 bits per heavy atom. The minimum absolute atomic E-state index is 0.330.